The van der Waals surface area contributed by atoms with E-state index in [0.717, 1.165) is 13.0 Å². The lowest BCUT2D eigenvalue weighted by molar-refractivity contribution is 0.457. The minimum atomic E-state index is 0.353. The monoisotopic (exact) mass is 207 g/mol. The van der Waals surface area contributed by atoms with Gasteiger partial charge in [0.25, 0.3) is 0 Å². The van der Waals surface area contributed by atoms with Gasteiger partial charge in [-0.15, -0.1) is 10.2 Å². The zero-order valence-corrected chi connectivity index (χ0v) is 10.4. The Morgan fingerprint density at radius 1 is 1.27 bits per heavy atom. The lowest BCUT2D eigenvalue weighted by atomic mass is 10.0. The highest BCUT2D eigenvalue weighted by Gasteiger charge is 2.67. The van der Waals surface area contributed by atoms with Gasteiger partial charge in [0.1, 0.15) is 12.2 Å². The molecule has 0 aliphatic heterocycles. The summed E-state index contributed by atoms with van der Waals surface area (Å²) in [5.41, 5.74) is 0.705. The molecular formula is C12H21N3. The highest BCUT2D eigenvalue weighted by atomic mass is 15.3. The van der Waals surface area contributed by atoms with Gasteiger partial charge in [0, 0.05) is 12.5 Å². The molecule has 0 bridgehead atoms. The van der Waals surface area contributed by atoms with E-state index in [1.165, 1.54) is 5.82 Å². The average molecular weight is 207 g/mol. The van der Waals surface area contributed by atoms with Crippen molar-refractivity contribution in [1.29, 1.82) is 0 Å². The first-order valence-electron chi connectivity index (χ1n) is 5.80. The SMILES string of the molecule is CCCn1cnnc1C1C(C)(C)C1(C)C. The normalized spacial score (nSPS) is 23.0. The third kappa shape index (κ3) is 1.32. The molecule has 0 unspecified atom stereocenters. The van der Waals surface area contributed by atoms with E-state index in [2.05, 4.69) is 49.4 Å². The zero-order chi connectivity index (χ0) is 11.3. The number of aromatic nitrogens is 3. The molecule has 84 valence electrons. The summed E-state index contributed by atoms with van der Waals surface area (Å²) in [6.07, 6.45) is 3.00. The lowest BCUT2D eigenvalue weighted by Gasteiger charge is -2.05. The van der Waals surface area contributed by atoms with Crippen LogP contribution >= 0.6 is 0 Å². The molecule has 0 amide bonds. The number of hydrogen-bond donors (Lipinski definition) is 0. The molecule has 2 rings (SSSR count). The molecular weight excluding hydrogens is 186 g/mol. The summed E-state index contributed by atoms with van der Waals surface area (Å²) in [6.45, 7) is 12.5. The van der Waals surface area contributed by atoms with E-state index in [1.54, 1.807) is 0 Å². The van der Waals surface area contributed by atoms with E-state index in [9.17, 15) is 0 Å². The van der Waals surface area contributed by atoms with Crippen LogP contribution in [0, 0.1) is 10.8 Å². The quantitative estimate of drug-likeness (QED) is 0.763. The van der Waals surface area contributed by atoms with Crippen LogP contribution in [0.25, 0.3) is 0 Å². The van der Waals surface area contributed by atoms with Gasteiger partial charge in [-0.05, 0) is 17.3 Å². The topological polar surface area (TPSA) is 30.7 Å². The summed E-state index contributed by atoms with van der Waals surface area (Å²) >= 11 is 0. The Morgan fingerprint density at radius 3 is 2.33 bits per heavy atom. The molecule has 0 radical (unpaired) electrons. The third-order valence-electron chi connectivity index (χ3n) is 4.39. The van der Waals surface area contributed by atoms with Crippen molar-refractivity contribution in [3.05, 3.63) is 12.2 Å². The maximum atomic E-state index is 4.30. The smallest absolute Gasteiger partial charge is 0.137 e. The Kier molecular flexibility index (Phi) is 2.18. The highest BCUT2D eigenvalue weighted by molar-refractivity contribution is 5.26. The van der Waals surface area contributed by atoms with E-state index in [4.69, 9.17) is 0 Å². The van der Waals surface area contributed by atoms with E-state index >= 15 is 0 Å². The van der Waals surface area contributed by atoms with Crippen molar-refractivity contribution in [3.63, 3.8) is 0 Å². The molecule has 1 saturated carbocycles. The van der Waals surface area contributed by atoms with Crippen molar-refractivity contribution < 1.29 is 0 Å². The molecule has 15 heavy (non-hydrogen) atoms. The second-order valence-electron chi connectivity index (χ2n) is 5.76. The largest absolute Gasteiger partial charge is 0.317 e. The summed E-state index contributed by atoms with van der Waals surface area (Å²) in [4.78, 5) is 0. The molecule has 0 aromatic carbocycles. The zero-order valence-electron chi connectivity index (χ0n) is 10.4. The highest BCUT2D eigenvalue weighted by Crippen LogP contribution is 2.73. The standard InChI is InChI=1S/C12H21N3/c1-6-7-15-8-13-14-10(15)9-11(2,3)12(9,4)5/h8-9H,6-7H2,1-5H3. The molecule has 0 atom stereocenters. The summed E-state index contributed by atoms with van der Waals surface area (Å²) in [7, 11) is 0. The van der Waals surface area contributed by atoms with Crippen molar-refractivity contribution in [3.8, 4) is 0 Å². The molecule has 1 aromatic heterocycles. The molecule has 1 aliphatic carbocycles. The van der Waals surface area contributed by atoms with Gasteiger partial charge in [0.2, 0.25) is 0 Å². The fourth-order valence-corrected chi connectivity index (χ4v) is 2.74. The van der Waals surface area contributed by atoms with Crippen LogP contribution in [0.5, 0.6) is 0 Å². The van der Waals surface area contributed by atoms with Crippen molar-refractivity contribution in [2.45, 2.75) is 53.5 Å². The van der Waals surface area contributed by atoms with Crippen molar-refractivity contribution in [2.24, 2.45) is 10.8 Å². The third-order valence-corrected chi connectivity index (χ3v) is 4.39. The molecule has 1 heterocycles. The fraction of sp³-hybridized carbons (Fsp3) is 0.833. The summed E-state index contributed by atoms with van der Waals surface area (Å²) in [6, 6.07) is 0. The Bertz CT molecular complexity index is 349. The first-order valence-corrected chi connectivity index (χ1v) is 5.80. The summed E-state index contributed by atoms with van der Waals surface area (Å²) in [5, 5.41) is 8.35. The first kappa shape index (κ1) is 10.7. The van der Waals surface area contributed by atoms with E-state index < -0.39 is 0 Å². The first-order chi connectivity index (χ1) is 6.93. The van der Waals surface area contributed by atoms with Crippen molar-refractivity contribution >= 4 is 0 Å². The van der Waals surface area contributed by atoms with Crippen LogP contribution in [0.2, 0.25) is 0 Å². The van der Waals surface area contributed by atoms with Gasteiger partial charge in [0.05, 0.1) is 0 Å². The van der Waals surface area contributed by atoms with Gasteiger partial charge in [-0.2, -0.15) is 0 Å². The van der Waals surface area contributed by atoms with Crippen LogP contribution in [-0.2, 0) is 6.54 Å². The Morgan fingerprint density at radius 2 is 1.87 bits per heavy atom. The Hall–Kier alpha value is -0.860. The minimum Gasteiger partial charge on any atom is -0.317 e. The van der Waals surface area contributed by atoms with Crippen LogP contribution in [0.3, 0.4) is 0 Å². The maximum absolute atomic E-state index is 4.30. The molecule has 0 spiro atoms. The second kappa shape index (κ2) is 3.06. The Balaban J connectivity index is 2.29. The van der Waals surface area contributed by atoms with Crippen LogP contribution in [-0.4, -0.2) is 14.8 Å². The van der Waals surface area contributed by atoms with Crippen molar-refractivity contribution in [1.82, 2.24) is 14.8 Å². The van der Waals surface area contributed by atoms with Gasteiger partial charge < -0.3 is 4.57 Å². The van der Waals surface area contributed by atoms with Crippen LogP contribution in [0.1, 0.15) is 52.8 Å². The van der Waals surface area contributed by atoms with Gasteiger partial charge in [-0.1, -0.05) is 34.6 Å². The molecule has 1 fully saturated rings. The predicted octanol–water partition coefficient (Wildman–Crippen LogP) is 2.84. The second-order valence-corrected chi connectivity index (χ2v) is 5.76. The van der Waals surface area contributed by atoms with Crippen molar-refractivity contribution in [2.75, 3.05) is 0 Å². The van der Waals surface area contributed by atoms with Gasteiger partial charge in [-0.3, -0.25) is 0 Å². The van der Waals surface area contributed by atoms with Gasteiger partial charge in [0.15, 0.2) is 0 Å². The Labute approximate surface area is 91.9 Å². The number of aryl methyl sites for hydroxylation is 1. The number of hydrogen-bond acceptors (Lipinski definition) is 2. The molecule has 0 N–H and O–H groups in total. The molecule has 3 nitrogen and oxygen atoms in total. The van der Waals surface area contributed by atoms with Gasteiger partial charge >= 0.3 is 0 Å². The van der Waals surface area contributed by atoms with Crippen LogP contribution in [0.4, 0.5) is 0 Å². The van der Waals surface area contributed by atoms with Crippen LogP contribution in [0.15, 0.2) is 6.33 Å². The molecule has 1 aliphatic rings. The summed E-state index contributed by atoms with van der Waals surface area (Å²) < 4.78 is 2.21. The van der Waals surface area contributed by atoms with Gasteiger partial charge in [-0.25, -0.2) is 0 Å². The van der Waals surface area contributed by atoms with E-state index in [1.807, 2.05) is 6.33 Å². The number of nitrogens with zero attached hydrogens (tertiary/aromatic N) is 3. The lowest BCUT2D eigenvalue weighted by Crippen LogP contribution is -2.04. The molecule has 0 saturated heterocycles. The minimum absolute atomic E-state index is 0.353. The number of rotatable bonds is 3. The summed E-state index contributed by atoms with van der Waals surface area (Å²) in [5.74, 6) is 1.73. The molecule has 3 heteroatoms. The van der Waals surface area contributed by atoms with E-state index in [-0.39, 0.29) is 0 Å². The van der Waals surface area contributed by atoms with E-state index in [0.29, 0.717) is 16.7 Å². The predicted molar refractivity (Wildman–Crippen MR) is 60.6 cm³/mol. The maximum Gasteiger partial charge on any atom is 0.137 e. The molecule has 1 aromatic rings. The average Bonchev–Trinajstić information content (AvgIpc) is 2.51. The fourth-order valence-electron chi connectivity index (χ4n) is 2.74. The van der Waals surface area contributed by atoms with Crippen LogP contribution < -0.4 is 0 Å².